The Hall–Kier alpha value is -0.810. The molecular formula is C9H18N4O. The van der Waals surface area contributed by atoms with Gasteiger partial charge in [0.1, 0.15) is 0 Å². The van der Waals surface area contributed by atoms with Gasteiger partial charge >= 0.3 is 6.03 Å². The highest BCUT2D eigenvalue weighted by atomic mass is 16.2. The number of rotatable bonds is 1. The molecule has 2 fully saturated rings. The van der Waals surface area contributed by atoms with Crippen LogP contribution in [-0.2, 0) is 0 Å². The van der Waals surface area contributed by atoms with E-state index in [2.05, 4.69) is 22.3 Å². The van der Waals surface area contributed by atoms with Crippen LogP contribution in [0.15, 0.2) is 0 Å². The molecule has 2 saturated heterocycles. The first kappa shape index (κ1) is 9.73. The van der Waals surface area contributed by atoms with Crippen LogP contribution in [0.2, 0.25) is 0 Å². The second-order valence-corrected chi connectivity index (χ2v) is 3.97. The van der Waals surface area contributed by atoms with Crippen molar-refractivity contribution in [3.8, 4) is 0 Å². The van der Waals surface area contributed by atoms with E-state index in [-0.39, 0.29) is 6.03 Å². The van der Waals surface area contributed by atoms with Gasteiger partial charge in [0.15, 0.2) is 0 Å². The maximum absolute atomic E-state index is 11.5. The molecule has 0 aromatic heterocycles. The Bertz CT molecular complexity index is 213. The Balaban J connectivity index is 1.90. The lowest BCUT2D eigenvalue weighted by atomic mass is 10.3. The summed E-state index contributed by atoms with van der Waals surface area (Å²) in [4.78, 5) is 13.8. The lowest BCUT2D eigenvalue weighted by molar-refractivity contribution is -0.0255. The fourth-order valence-corrected chi connectivity index (χ4v) is 1.92. The normalized spacial score (nSPS) is 26.4. The second-order valence-electron chi connectivity index (χ2n) is 3.97. The molecule has 0 aromatic rings. The number of piperazine rings is 1. The van der Waals surface area contributed by atoms with E-state index in [1.165, 1.54) is 0 Å². The number of urea groups is 1. The third-order valence-electron chi connectivity index (χ3n) is 2.88. The topological polar surface area (TPSA) is 38.8 Å². The predicted molar refractivity (Wildman–Crippen MR) is 53.8 cm³/mol. The molecule has 0 bridgehead atoms. The first-order chi connectivity index (χ1) is 6.77. The highest BCUT2D eigenvalue weighted by Gasteiger charge is 2.26. The number of amides is 2. The Morgan fingerprint density at radius 3 is 2.50 bits per heavy atom. The van der Waals surface area contributed by atoms with Crippen molar-refractivity contribution in [3.63, 3.8) is 0 Å². The number of nitrogens with zero attached hydrogens (tertiary/aromatic N) is 3. The van der Waals surface area contributed by atoms with Crippen LogP contribution in [-0.4, -0.2) is 67.3 Å². The van der Waals surface area contributed by atoms with Crippen molar-refractivity contribution in [2.45, 2.75) is 6.42 Å². The fraction of sp³-hybridized carbons (Fsp3) is 0.889. The number of likely N-dealkylation sites (N-methyl/N-ethyl adjacent to an activating group) is 1. The summed E-state index contributed by atoms with van der Waals surface area (Å²) in [6, 6.07) is 0.0702. The molecule has 2 aliphatic heterocycles. The lowest BCUT2D eigenvalue weighted by Gasteiger charge is -2.41. The van der Waals surface area contributed by atoms with Crippen LogP contribution < -0.4 is 5.32 Å². The minimum Gasteiger partial charge on any atom is -0.337 e. The predicted octanol–water partition coefficient (Wildman–Crippen LogP) is -0.436. The number of nitrogens with one attached hydrogen (secondary N) is 1. The van der Waals surface area contributed by atoms with Crippen molar-refractivity contribution in [3.05, 3.63) is 0 Å². The molecule has 5 heteroatoms. The molecule has 0 spiro atoms. The Kier molecular flexibility index (Phi) is 2.88. The summed E-state index contributed by atoms with van der Waals surface area (Å²) < 4.78 is 0. The summed E-state index contributed by atoms with van der Waals surface area (Å²) in [6.45, 7) is 5.71. The number of carbonyl (C=O) groups is 1. The molecule has 0 aliphatic carbocycles. The van der Waals surface area contributed by atoms with E-state index >= 15 is 0 Å². The van der Waals surface area contributed by atoms with Crippen molar-refractivity contribution >= 4 is 6.03 Å². The van der Waals surface area contributed by atoms with Crippen LogP contribution >= 0.6 is 0 Å². The molecule has 0 atom stereocenters. The molecule has 1 N–H and O–H groups in total. The third-order valence-corrected chi connectivity index (χ3v) is 2.88. The van der Waals surface area contributed by atoms with E-state index < -0.39 is 0 Å². The van der Waals surface area contributed by atoms with Gasteiger partial charge in [-0.2, -0.15) is 0 Å². The third kappa shape index (κ3) is 1.99. The molecule has 2 heterocycles. The van der Waals surface area contributed by atoms with E-state index in [1.54, 1.807) is 0 Å². The van der Waals surface area contributed by atoms with Gasteiger partial charge in [-0.15, -0.1) is 0 Å². The smallest absolute Gasteiger partial charge is 0.331 e. The van der Waals surface area contributed by atoms with Crippen molar-refractivity contribution in [1.82, 2.24) is 20.2 Å². The van der Waals surface area contributed by atoms with Crippen LogP contribution in [0.1, 0.15) is 6.42 Å². The summed E-state index contributed by atoms with van der Waals surface area (Å²) in [5.74, 6) is 0. The minimum atomic E-state index is 0.0702. The first-order valence-corrected chi connectivity index (χ1v) is 5.26. The lowest BCUT2D eigenvalue weighted by Crippen LogP contribution is -2.59. The molecule has 2 aliphatic rings. The van der Waals surface area contributed by atoms with Gasteiger partial charge in [0.25, 0.3) is 0 Å². The van der Waals surface area contributed by atoms with Crippen LogP contribution in [0.25, 0.3) is 0 Å². The van der Waals surface area contributed by atoms with Gasteiger partial charge in [0.05, 0.1) is 0 Å². The van der Waals surface area contributed by atoms with E-state index in [4.69, 9.17) is 0 Å². The highest BCUT2D eigenvalue weighted by Crippen LogP contribution is 2.07. The van der Waals surface area contributed by atoms with Crippen LogP contribution in [0, 0.1) is 0 Å². The quantitative estimate of drug-likeness (QED) is 0.621. The molecule has 5 nitrogen and oxygen atoms in total. The van der Waals surface area contributed by atoms with Crippen LogP contribution in [0.4, 0.5) is 4.79 Å². The molecule has 2 rings (SSSR count). The van der Waals surface area contributed by atoms with E-state index in [0.29, 0.717) is 0 Å². The Morgan fingerprint density at radius 1 is 1.14 bits per heavy atom. The molecular weight excluding hydrogens is 180 g/mol. The van der Waals surface area contributed by atoms with Crippen molar-refractivity contribution < 1.29 is 4.79 Å². The van der Waals surface area contributed by atoms with Crippen molar-refractivity contribution in [2.24, 2.45) is 0 Å². The molecule has 0 aromatic carbocycles. The summed E-state index contributed by atoms with van der Waals surface area (Å²) >= 11 is 0. The maximum atomic E-state index is 11.5. The van der Waals surface area contributed by atoms with E-state index in [1.807, 2.05) is 5.01 Å². The van der Waals surface area contributed by atoms with Crippen molar-refractivity contribution in [2.75, 3.05) is 46.3 Å². The second kappa shape index (κ2) is 4.14. The molecule has 2 amide bonds. The summed E-state index contributed by atoms with van der Waals surface area (Å²) in [5, 5.41) is 6.89. The van der Waals surface area contributed by atoms with Crippen LogP contribution in [0.3, 0.4) is 0 Å². The average molecular weight is 198 g/mol. The highest BCUT2D eigenvalue weighted by molar-refractivity contribution is 5.74. The standard InChI is InChI=1S/C9H18N4O/c1-11-5-7-12(8-6-11)13-4-2-3-10-9(13)14/h2-8H2,1H3,(H,10,14). The fourth-order valence-electron chi connectivity index (χ4n) is 1.92. The van der Waals surface area contributed by atoms with Gasteiger partial charge in [0, 0.05) is 39.3 Å². The molecule has 0 unspecified atom stereocenters. The monoisotopic (exact) mass is 198 g/mol. The number of hydrogen-bond acceptors (Lipinski definition) is 3. The van der Waals surface area contributed by atoms with Crippen LogP contribution in [0.5, 0.6) is 0 Å². The summed E-state index contributed by atoms with van der Waals surface area (Å²) in [7, 11) is 2.12. The molecule has 0 radical (unpaired) electrons. The average Bonchev–Trinajstić information content (AvgIpc) is 2.20. The Labute approximate surface area is 84.6 Å². The maximum Gasteiger partial charge on any atom is 0.331 e. The SMILES string of the molecule is CN1CCN(N2CCCNC2=O)CC1. The van der Waals surface area contributed by atoms with Gasteiger partial charge in [-0.1, -0.05) is 0 Å². The number of hydrazine groups is 1. The largest absolute Gasteiger partial charge is 0.337 e. The molecule has 14 heavy (non-hydrogen) atoms. The molecule has 0 saturated carbocycles. The van der Waals surface area contributed by atoms with E-state index in [0.717, 1.165) is 45.7 Å². The first-order valence-electron chi connectivity index (χ1n) is 5.26. The zero-order chi connectivity index (χ0) is 9.97. The van der Waals surface area contributed by atoms with E-state index in [9.17, 15) is 4.79 Å². The number of carbonyl (C=O) groups excluding carboxylic acids is 1. The summed E-state index contributed by atoms with van der Waals surface area (Å²) in [5.41, 5.74) is 0. The summed E-state index contributed by atoms with van der Waals surface area (Å²) in [6.07, 6.45) is 1.05. The minimum absolute atomic E-state index is 0.0702. The van der Waals surface area contributed by atoms with Gasteiger partial charge in [0.2, 0.25) is 0 Å². The van der Waals surface area contributed by atoms with Gasteiger partial charge < -0.3 is 10.2 Å². The van der Waals surface area contributed by atoms with Crippen molar-refractivity contribution in [1.29, 1.82) is 0 Å². The molecule has 80 valence electrons. The van der Waals surface area contributed by atoms with Gasteiger partial charge in [-0.3, -0.25) is 5.01 Å². The van der Waals surface area contributed by atoms with Gasteiger partial charge in [-0.25, -0.2) is 9.80 Å². The van der Waals surface area contributed by atoms with Gasteiger partial charge in [-0.05, 0) is 13.5 Å². The Morgan fingerprint density at radius 2 is 1.86 bits per heavy atom. The zero-order valence-corrected chi connectivity index (χ0v) is 8.70. The zero-order valence-electron chi connectivity index (χ0n) is 8.70. The number of hydrogen-bond donors (Lipinski definition) is 1.